The van der Waals surface area contributed by atoms with E-state index in [4.69, 9.17) is 5.73 Å². The van der Waals surface area contributed by atoms with E-state index in [1.165, 1.54) is 6.08 Å². The second kappa shape index (κ2) is 5.66. The number of hydrogen-bond acceptors (Lipinski definition) is 2. The number of nitrogens with two attached hydrogens (primary N) is 1. The third-order valence-electron chi connectivity index (χ3n) is 2.00. The van der Waals surface area contributed by atoms with Gasteiger partial charge in [-0.2, -0.15) is 0 Å². The molecular weight excluding hydrogens is 202 g/mol. The molecule has 0 saturated carbocycles. The average molecular weight is 215 g/mol. The minimum atomic E-state index is -0.638. The lowest BCUT2D eigenvalue weighted by molar-refractivity contribution is -0.118. The van der Waals surface area contributed by atoms with Crippen molar-refractivity contribution in [2.45, 2.75) is 6.42 Å². The van der Waals surface area contributed by atoms with Crippen LogP contribution in [0.25, 0.3) is 6.08 Å². The molecule has 0 radical (unpaired) electrons. The van der Waals surface area contributed by atoms with Crippen molar-refractivity contribution in [2.75, 3.05) is 0 Å². The third-order valence-corrected chi connectivity index (χ3v) is 2.00. The Bertz CT molecular complexity index is 433. The van der Waals surface area contributed by atoms with Crippen molar-refractivity contribution >= 4 is 17.8 Å². The number of carbonyl (C=O) groups is 2. The average Bonchev–Trinajstić information content (AvgIpc) is 2.27. The second-order valence-corrected chi connectivity index (χ2v) is 3.35. The molecule has 16 heavy (non-hydrogen) atoms. The Kier molecular flexibility index (Phi) is 4.21. The molecular formula is C13H13NO2. The van der Waals surface area contributed by atoms with Crippen LogP contribution in [0.3, 0.4) is 0 Å². The van der Waals surface area contributed by atoms with Crippen molar-refractivity contribution in [3.8, 4) is 0 Å². The molecule has 0 aliphatic carbocycles. The van der Waals surface area contributed by atoms with Crippen molar-refractivity contribution < 1.29 is 9.59 Å². The van der Waals surface area contributed by atoms with Crippen LogP contribution in [0.4, 0.5) is 0 Å². The maximum Gasteiger partial charge on any atom is 0.244 e. The van der Waals surface area contributed by atoms with Gasteiger partial charge in [0.05, 0.1) is 0 Å². The summed E-state index contributed by atoms with van der Waals surface area (Å²) in [6.45, 7) is 3.42. The van der Waals surface area contributed by atoms with Crippen LogP contribution in [-0.4, -0.2) is 11.7 Å². The van der Waals surface area contributed by atoms with E-state index >= 15 is 0 Å². The summed E-state index contributed by atoms with van der Waals surface area (Å²) < 4.78 is 0. The Morgan fingerprint density at radius 2 is 1.88 bits per heavy atom. The van der Waals surface area contributed by atoms with Crippen LogP contribution < -0.4 is 5.73 Å². The zero-order chi connectivity index (χ0) is 12.0. The van der Waals surface area contributed by atoms with Gasteiger partial charge >= 0.3 is 0 Å². The van der Waals surface area contributed by atoms with Crippen molar-refractivity contribution in [3.05, 3.63) is 54.1 Å². The fourth-order valence-electron chi connectivity index (χ4n) is 1.11. The number of allylic oxidation sites excluding steroid dienone is 1. The number of rotatable bonds is 5. The lowest BCUT2D eigenvalue weighted by atomic mass is 10.1. The molecule has 2 N–H and O–H groups in total. The van der Waals surface area contributed by atoms with Gasteiger partial charge in [0.1, 0.15) is 0 Å². The molecule has 0 spiro atoms. The highest BCUT2D eigenvalue weighted by atomic mass is 16.1. The van der Waals surface area contributed by atoms with Crippen LogP contribution in [0.1, 0.15) is 12.0 Å². The van der Waals surface area contributed by atoms with Gasteiger partial charge in [0, 0.05) is 12.0 Å². The van der Waals surface area contributed by atoms with Gasteiger partial charge in [-0.05, 0) is 11.6 Å². The lowest BCUT2D eigenvalue weighted by Gasteiger charge is -1.96. The quantitative estimate of drug-likeness (QED) is 0.760. The van der Waals surface area contributed by atoms with Crippen LogP contribution in [0.2, 0.25) is 0 Å². The molecule has 0 saturated heterocycles. The minimum Gasteiger partial charge on any atom is -0.366 e. The molecule has 3 heteroatoms. The molecule has 0 aliphatic rings. The van der Waals surface area contributed by atoms with Gasteiger partial charge in [-0.3, -0.25) is 9.59 Å². The monoisotopic (exact) mass is 215 g/mol. The maximum atomic E-state index is 11.4. The smallest absolute Gasteiger partial charge is 0.244 e. The molecule has 1 aromatic rings. The van der Waals surface area contributed by atoms with Gasteiger partial charge in [0.15, 0.2) is 5.78 Å². The fourth-order valence-corrected chi connectivity index (χ4v) is 1.11. The standard InChI is InChI=1S/C13H13NO2/c1-10(13(14)16)9-12(15)8-7-11-5-3-2-4-6-11/h2-8H,1,9H2,(H2,14,16). The van der Waals surface area contributed by atoms with E-state index in [2.05, 4.69) is 6.58 Å². The Morgan fingerprint density at radius 1 is 1.25 bits per heavy atom. The number of amides is 1. The molecule has 1 aromatic carbocycles. The first-order chi connectivity index (χ1) is 7.59. The zero-order valence-corrected chi connectivity index (χ0v) is 8.85. The topological polar surface area (TPSA) is 60.2 Å². The molecule has 82 valence electrons. The van der Waals surface area contributed by atoms with E-state index in [1.807, 2.05) is 30.3 Å². The largest absolute Gasteiger partial charge is 0.366 e. The Balaban J connectivity index is 2.55. The van der Waals surface area contributed by atoms with Crippen LogP contribution in [0, 0.1) is 0 Å². The molecule has 1 rings (SSSR count). The maximum absolute atomic E-state index is 11.4. The number of benzene rings is 1. The van der Waals surface area contributed by atoms with Crippen LogP contribution >= 0.6 is 0 Å². The highest BCUT2D eigenvalue weighted by Gasteiger charge is 2.05. The minimum absolute atomic E-state index is 0.0291. The molecule has 0 atom stereocenters. The predicted molar refractivity (Wildman–Crippen MR) is 63.4 cm³/mol. The summed E-state index contributed by atoms with van der Waals surface area (Å²) in [6.07, 6.45) is 3.08. The van der Waals surface area contributed by atoms with Crippen LogP contribution in [-0.2, 0) is 9.59 Å². The van der Waals surface area contributed by atoms with Crippen LogP contribution in [0.15, 0.2) is 48.6 Å². The van der Waals surface area contributed by atoms with Gasteiger partial charge in [-0.1, -0.05) is 43.0 Å². The summed E-state index contributed by atoms with van der Waals surface area (Å²) in [4.78, 5) is 22.0. The lowest BCUT2D eigenvalue weighted by Crippen LogP contribution is -2.15. The highest BCUT2D eigenvalue weighted by Crippen LogP contribution is 2.04. The molecule has 0 unspecified atom stereocenters. The second-order valence-electron chi connectivity index (χ2n) is 3.35. The predicted octanol–water partition coefficient (Wildman–Crippen LogP) is 1.70. The Labute approximate surface area is 94.3 Å². The first kappa shape index (κ1) is 11.9. The molecule has 0 heterocycles. The Hall–Kier alpha value is -2.16. The van der Waals surface area contributed by atoms with Crippen LogP contribution in [0.5, 0.6) is 0 Å². The van der Waals surface area contributed by atoms with E-state index in [9.17, 15) is 9.59 Å². The third kappa shape index (κ3) is 3.92. The summed E-state index contributed by atoms with van der Waals surface area (Å²) in [5, 5.41) is 0. The fraction of sp³-hybridized carbons (Fsp3) is 0.0769. The molecule has 0 aromatic heterocycles. The van der Waals surface area contributed by atoms with E-state index in [-0.39, 0.29) is 17.8 Å². The molecule has 0 aliphatic heterocycles. The van der Waals surface area contributed by atoms with Crippen molar-refractivity contribution in [3.63, 3.8) is 0 Å². The number of ketones is 1. The molecule has 0 bridgehead atoms. The zero-order valence-electron chi connectivity index (χ0n) is 8.85. The molecule has 3 nitrogen and oxygen atoms in total. The Morgan fingerprint density at radius 3 is 2.44 bits per heavy atom. The highest BCUT2D eigenvalue weighted by molar-refractivity contribution is 6.02. The van der Waals surface area contributed by atoms with Gasteiger partial charge in [0.25, 0.3) is 0 Å². The van der Waals surface area contributed by atoms with Crippen molar-refractivity contribution in [1.82, 2.24) is 0 Å². The SMILES string of the molecule is C=C(CC(=O)C=Cc1ccccc1)C(N)=O. The molecule has 0 fully saturated rings. The first-order valence-electron chi connectivity index (χ1n) is 4.83. The summed E-state index contributed by atoms with van der Waals surface area (Å²) in [5.74, 6) is -0.825. The van der Waals surface area contributed by atoms with Gasteiger partial charge in [-0.15, -0.1) is 0 Å². The van der Waals surface area contributed by atoms with Crippen molar-refractivity contribution in [2.24, 2.45) is 5.73 Å². The molecule has 1 amide bonds. The van der Waals surface area contributed by atoms with E-state index < -0.39 is 5.91 Å². The summed E-state index contributed by atoms with van der Waals surface area (Å²) in [7, 11) is 0. The van der Waals surface area contributed by atoms with E-state index in [1.54, 1.807) is 6.08 Å². The first-order valence-corrected chi connectivity index (χ1v) is 4.83. The number of primary amides is 1. The van der Waals surface area contributed by atoms with Gasteiger partial charge in [-0.25, -0.2) is 0 Å². The summed E-state index contributed by atoms with van der Waals surface area (Å²) in [5.41, 5.74) is 6.04. The normalized spacial score (nSPS) is 10.2. The number of hydrogen-bond donors (Lipinski definition) is 1. The van der Waals surface area contributed by atoms with Crippen molar-refractivity contribution in [1.29, 1.82) is 0 Å². The summed E-state index contributed by atoms with van der Waals surface area (Å²) >= 11 is 0. The van der Waals surface area contributed by atoms with Gasteiger partial charge in [0.2, 0.25) is 5.91 Å². The number of carbonyl (C=O) groups excluding carboxylic acids is 2. The van der Waals surface area contributed by atoms with E-state index in [0.29, 0.717) is 0 Å². The summed E-state index contributed by atoms with van der Waals surface area (Å²) in [6, 6.07) is 9.42. The van der Waals surface area contributed by atoms with E-state index in [0.717, 1.165) is 5.56 Å². The van der Waals surface area contributed by atoms with Gasteiger partial charge < -0.3 is 5.73 Å².